The van der Waals surface area contributed by atoms with Crippen LogP contribution in [0.3, 0.4) is 0 Å². The lowest BCUT2D eigenvalue weighted by atomic mass is 10.8. The van der Waals surface area contributed by atoms with Gasteiger partial charge in [0.05, 0.1) is 0 Å². The quantitative estimate of drug-likeness (QED) is 0.456. The standard InChI is InChI=1S/C4H3N/c1-2-4-5-3-1/h1,3,5H. The molecule has 0 saturated carbocycles. The molecule has 0 fully saturated rings. The Labute approximate surface area is 30.6 Å². The monoisotopic (exact) mass is 65.0 g/mol. The normalized spacial score (nSPS) is 6.40. The van der Waals surface area contributed by atoms with E-state index in [-0.39, 0.29) is 0 Å². The van der Waals surface area contributed by atoms with Gasteiger partial charge in [0, 0.05) is 18.5 Å². The molecule has 0 spiro atoms. The van der Waals surface area contributed by atoms with E-state index in [0.717, 1.165) is 0 Å². The van der Waals surface area contributed by atoms with Gasteiger partial charge in [0.2, 0.25) is 0 Å². The van der Waals surface area contributed by atoms with Crippen LogP contribution in [0.1, 0.15) is 0 Å². The summed E-state index contributed by atoms with van der Waals surface area (Å²) in [6.07, 6.45) is 4.38. The lowest BCUT2D eigenvalue weighted by molar-refractivity contribution is 1.41. The lowest BCUT2D eigenvalue weighted by Crippen LogP contribution is -1.38. The van der Waals surface area contributed by atoms with E-state index in [1.54, 1.807) is 12.3 Å². The maximum Gasteiger partial charge on any atom is 0.0177 e. The van der Waals surface area contributed by atoms with Crippen molar-refractivity contribution >= 4 is 0 Å². The van der Waals surface area contributed by atoms with Crippen LogP contribution in [0.25, 0.3) is 0 Å². The van der Waals surface area contributed by atoms with Gasteiger partial charge in [-0.25, -0.2) is 0 Å². The molecule has 0 aliphatic heterocycles. The summed E-state index contributed by atoms with van der Waals surface area (Å²) in [5.74, 6) is 0. The van der Waals surface area contributed by atoms with Crippen molar-refractivity contribution in [3.63, 3.8) is 0 Å². The van der Waals surface area contributed by atoms with Crippen LogP contribution in [-0.4, -0.2) is 4.98 Å². The SMILES string of the molecule is c1cc[nH]c#1. The van der Waals surface area contributed by atoms with Gasteiger partial charge in [-0.15, -0.1) is 0 Å². The third-order valence-electron chi connectivity index (χ3n) is 0.394. The highest BCUT2D eigenvalue weighted by Crippen LogP contribution is 1.60. The van der Waals surface area contributed by atoms with Crippen molar-refractivity contribution in [1.82, 2.24) is 4.98 Å². The second kappa shape index (κ2) is 0.813. The Hall–Kier alpha value is -0.900. The van der Waals surface area contributed by atoms with Gasteiger partial charge in [-0.1, -0.05) is 6.07 Å². The Balaban J connectivity index is 3.13. The van der Waals surface area contributed by atoms with Crippen molar-refractivity contribution in [3.05, 3.63) is 24.5 Å². The average Bonchev–Trinajstić information content (AvgIpc) is 1.76. The molecule has 1 rings (SSSR count). The van der Waals surface area contributed by atoms with Crippen LogP contribution in [0.4, 0.5) is 0 Å². The number of H-pyrrole nitrogens is 1. The van der Waals surface area contributed by atoms with Crippen molar-refractivity contribution in [1.29, 1.82) is 0 Å². The molecule has 5 heavy (non-hydrogen) atoms. The molecule has 0 unspecified atom stereocenters. The van der Waals surface area contributed by atoms with Gasteiger partial charge in [0.1, 0.15) is 0 Å². The van der Waals surface area contributed by atoms with Crippen molar-refractivity contribution < 1.29 is 0 Å². The summed E-state index contributed by atoms with van der Waals surface area (Å²) < 4.78 is 0. The molecular formula is C4H3N. The van der Waals surface area contributed by atoms with Gasteiger partial charge in [-0.2, -0.15) is 0 Å². The molecule has 1 aromatic heterocycles. The average molecular weight is 65.1 g/mol. The van der Waals surface area contributed by atoms with E-state index < -0.39 is 0 Å². The van der Waals surface area contributed by atoms with E-state index >= 15 is 0 Å². The number of nitrogens with one attached hydrogen (secondary N) is 1. The zero-order valence-electron chi connectivity index (χ0n) is 2.65. The van der Waals surface area contributed by atoms with Gasteiger partial charge in [0.25, 0.3) is 0 Å². The first-order valence-corrected chi connectivity index (χ1v) is 1.41. The third kappa shape index (κ3) is 0.223. The summed E-state index contributed by atoms with van der Waals surface area (Å²) in [4.78, 5) is 2.68. The predicted molar refractivity (Wildman–Crippen MR) is 18.5 cm³/mol. The van der Waals surface area contributed by atoms with E-state index in [4.69, 9.17) is 0 Å². The van der Waals surface area contributed by atoms with E-state index in [0.29, 0.717) is 0 Å². The molecule has 24 valence electrons. The zero-order valence-corrected chi connectivity index (χ0v) is 2.65. The van der Waals surface area contributed by atoms with Crippen LogP contribution in [0.2, 0.25) is 0 Å². The molecule has 1 nitrogen and oxygen atoms in total. The van der Waals surface area contributed by atoms with Gasteiger partial charge < -0.3 is 4.98 Å². The summed E-state index contributed by atoms with van der Waals surface area (Å²) >= 11 is 0. The Morgan fingerprint density at radius 2 is 2.60 bits per heavy atom. The number of hydrogen-bond acceptors (Lipinski definition) is 0. The largest absolute Gasteiger partial charge is 0.321 e. The Morgan fingerprint density at radius 1 is 1.60 bits per heavy atom. The van der Waals surface area contributed by atoms with Crippen LogP contribution < -0.4 is 0 Å². The van der Waals surface area contributed by atoms with Crippen LogP contribution in [0.5, 0.6) is 0 Å². The number of hydrogen-bond donors (Lipinski definition) is 1. The molecule has 0 radical (unpaired) electrons. The Morgan fingerprint density at radius 3 is 2.80 bits per heavy atom. The smallest absolute Gasteiger partial charge is 0.0177 e. The molecule has 0 atom stereocenters. The fourth-order valence-electron chi connectivity index (χ4n) is 0.208. The fourth-order valence-corrected chi connectivity index (χ4v) is 0.208. The molecule has 0 saturated heterocycles. The van der Waals surface area contributed by atoms with E-state index in [1.807, 2.05) is 0 Å². The number of aromatic nitrogens is 1. The zero-order chi connectivity index (χ0) is 3.54. The topological polar surface area (TPSA) is 15.8 Å². The molecule has 1 N–H and O–H groups in total. The molecule has 0 amide bonds. The summed E-state index contributed by atoms with van der Waals surface area (Å²) in [6.45, 7) is 0. The van der Waals surface area contributed by atoms with Crippen LogP contribution in [-0.2, 0) is 0 Å². The van der Waals surface area contributed by atoms with E-state index in [1.165, 1.54) is 0 Å². The summed E-state index contributed by atoms with van der Waals surface area (Å²) in [6, 6.07) is 4.44. The molecule has 1 aromatic rings. The van der Waals surface area contributed by atoms with E-state index in [9.17, 15) is 0 Å². The molecule has 1 heterocycles. The van der Waals surface area contributed by atoms with Crippen molar-refractivity contribution in [3.8, 4) is 0 Å². The molecule has 0 aliphatic carbocycles. The summed E-state index contributed by atoms with van der Waals surface area (Å²) in [5, 5.41) is 0. The second-order valence-electron chi connectivity index (χ2n) is 0.747. The number of aromatic amines is 1. The highest BCUT2D eigenvalue weighted by atomic mass is 14.6. The first kappa shape index (κ1) is 2.34. The van der Waals surface area contributed by atoms with Gasteiger partial charge >= 0.3 is 0 Å². The van der Waals surface area contributed by atoms with Crippen molar-refractivity contribution in [2.24, 2.45) is 0 Å². The highest BCUT2D eigenvalue weighted by molar-refractivity contribution is 4.71. The summed E-state index contributed by atoms with van der Waals surface area (Å²) in [5.41, 5.74) is 0. The van der Waals surface area contributed by atoms with Crippen LogP contribution >= 0.6 is 0 Å². The fraction of sp³-hybridized carbons (Fsp3) is 0. The molecule has 1 heteroatoms. The molecular weight excluding hydrogens is 62.1 g/mol. The third-order valence-corrected chi connectivity index (χ3v) is 0.394. The van der Waals surface area contributed by atoms with Gasteiger partial charge in [-0.3, -0.25) is 0 Å². The first-order chi connectivity index (χ1) is 2.50. The Bertz CT molecular complexity index is 60.1. The van der Waals surface area contributed by atoms with Crippen molar-refractivity contribution in [2.45, 2.75) is 0 Å². The maximum atomic E-state index is 2.68. The van der Waals surface area contributed by atoms with Crippen LogP contribution in [0, 0.1) is 12.3 Å². The highest BCUT2D eigenvalue weighted by Gasteiger charge is 1.49. The maximum absolute atomic E-state index is 2.68. The number of rotatable bonds is 0. The molecule has 0 aromatic carbocycles. The van der Waals surface area contributed by atoms with Crippen molar-refractivity contribution in [2.75, 3.05) is 0 Å². The van der Waals surface area contributed by atoms with Gasteiger partial charge in [-0.05, 0) is 0 Å². The minimum Gasteiger partial charge on any atom is -0.321 e. The first-order valence-electron chi connectivity index (χ1n) is 1.41. The predicted octanol–water partition coefficient (Wildman–Crippen LogP) is 0.615. The van der Waals surface area contributed by atoms with Crippen LogP contribution in [0.15, 0.2) is 12.3 Å². The summed E-state index contributed by atoms with van der Waals surface area (Å²) in [7, 11) is 0. The van der Waals surface area contributed by atoms with Gasteiger partial charge in [0.15, 0.2) is 0 Å². The van der Waals surface area contributed by atoms with E-state index in [2.05, 4.69) is 17.2 Å². The second-order valence-corrected chi connectivity index (χ2v) is 0.747. The molecule has 0 bridgehead atoms. The molecule has 0 aliphatic rings. The lowest BCUT2D eigenvalue weighted by Gasteiger charge is -1.45. The Kier molecular flexibility index (Phi) is 0.381. The minimum absolute atomic E-state index is 1.76. The minimum atomic E-state index is 1.76.